The van der Waals surface area contributed by atoms with Crippen molar-refractivity contribution in [3.05, 3.63) is 0 Å². The van der Waals surface area contributed by atoms with E-state index in [0.717, 1.165) is 38.5 Å². The Bertz CT molecular complexity index is 736. The molecule has 3 N–H and O–H groups in total. The molecule has 0 radical (unpaired) electrons. The van der Waals surface area contributed by atoms with Gasteiger partial charge < -0.3 is 24.6 Å². The lowest BCUT2D eigenvalue weighted by molar-refractivity contribution is -0.161. The molecule has 10 nitrogen and oxygen atoms in total. The summed E-state index contributed by atoms with van der Waals surface area (Å²) >= 11 is 0. The predicted molar refractivity (Wildman–Crippen MR) is 178 cm³/mol. The first kappa shape index (κ1) is 44.0. The number of esters is 2. The zero-order chi connectivity index (χ0) is 33.4. The van der Waals surface area contributed by atoms with Crippen molar-refractivity contribution in [1.29, 1.82) is 0 Å². The number of phosphoric acid groups is 1. The molecule has 1 unspecified atom stereocenters. The van der Waals surface area contributed by atoms with Crippen LogP contribution < -0.4 is 0 Å². The number of rotatable bonds is 34. The first-order valence-corrected chi connectivity index (χ1v) is 19.5. The maximum absolute atomic E-state index is 12.5. The van der Waals surface area contributed by atoms with E-state index in [9.17, 15) is 24.2 Å². The van der Waals surface area contributed by atoms with E-state index in [1.165, 1.54) is 89.9 Å². The molecule has 268 valence electrons. The molecule has 0 saturated carbocycles. The Hall–Kier alpha value is -1.03. The molecule has 11 heteroatoms. The molecule has 0 aromatic heterocycles. The van der Waals surface area contributed by atoms with Gasteiger partial charge in [0.1, 0.15) is 12.7 Å². The first-order chi connectivity index (χ1) is 21.7. The van der Waals surface area contributed by atoms with Crippen LogP contribution in [0.1, 0.15) is 168 Å². The second-order valence-corrected chi connectivity index (χ2v) is 13.7. The molecule has 45 heavy (non-hydrogen) atoms. The summed E-state index contributed by atoms with van der Waals surface area (Å²) in [5.41, 5.74) is 0. The fraction of sp³-hybridized carbons (Fsp3) is 0.941. The average Bonchev–Trinajstić information content (AvgIpc) is 3.02. The minimum Gasteiger partial charge on any atom is -0.462 e. The van der Waals surface area contributed by atoms with Crippen LogP contribution in [0.25, 0.3) is 0 Å². The predicted octanol–water partition coefficient (Wildman–Crippen LogP) is 8.33. The number of aliphatic hydroxyl groups excluding tert-OH is 2. The van der Waals surface area contributed by atoms with Gasteiger partial charge in [-0.15, -0.1) is 0 Å². The molecule has 3 atom stereocenters. The molecule has 0 fully saturated rings. The molecular formula is C34H67O10P. The van der Waals surface area contributed by atoms with Gasteiger partial charge in [-0.05, 0) is 12.8 Å². The molecular weight excluding hydrogens is 599 g/mol. The van der Waals surface area contributed by atoms with E-state index in [2.05, 4.69) is 18.4 Å². The summed E-state index contributed by atoms with van der Waals surface area (Å²) in [4.78, 5) is 34.6. The minimum atomic E-state index is -4.59. The van der Waals surface area contributed by atoms with Crippen molar-refractivity contribution in [3.8, 4) is 0 Å². The van der Waals surface area contributed by atoms with Crippen LogP contribution in [0.3, 0.4) is 0 Å². The van der Waals surface area contributed by atoms with Gasteiger partial charge in [-0.1, -0.05) is 142 Å². The van der Waals surface area contributed by atoms with Gasteiger partial charge in [0.15, 0.2) is 6.10 Å². The third-order valence-electron chi connectivity index (χ3n) is 7.76. The van der Waals surface area contributed by atoms with E-state index in [0.29, 0.717) is 12.8 Å². The van der Waals surface area contributed by atoms with Crippen molar-refractivity contribution in [2.24, 2.45) is 0 Å². The topological polar surface area (TPSA) is 149 Å². The van der Waals surface area contributed by atoms with Crippen LogP contribution >= 0.6 is 7.82 Å². The molecule has 0 amide bonds. The highest BCUT2D eigenvalue weighted by atomic mass is 31.2. The Labute approximate surface area is 273 Å². The number of carbonyl (C=O) groups is 2. The Balaban J connectivity index is 4.31. The van der Waals surface area contributed by atoms with Gasteiger partial charge in [0.2, 0.25) is 0 Å². The van der Waals surface area contributed by atoms with Crippen LogP contribution in [0, 0.1) is 0 Å². The van der Waals surface area contributed by atoms with E-state index in [1.807, 2.05) is 0 Å². The first-order valence-electron chi connectivity index (χ1n) is 18.0. The van der Waals surface area contributed by atoms with Gasteiger partial charge in [0.05, 0.1) is 19.8 Å². The standard InChI is InChI=1S/C34H67O10P/c1-3-5-7-9-11-12-13-14-15-16-17-18-20-22-24-26-34(38)44-32(30-43-45(39,40)42-28-31(36)27-35)29-41-33(37)25-23-21-19-10-8-6-4-2/h31-32,35-36H,3-30H2,1-2H3,(H,39,40)/t31-,32+/m0/s1. The third kappa shape index (κ3) is 31.3. The van der Waals surface area contributed by atoms with Gasteiger partial charge in [0.25, 0.3) is 0 Å². The van der Waals surface area contributed by atoms with Gasteiger partial charge in [0, 0.05) is 12.8 Å². The van der Waals surface area contributed by atoms with E-state index in [1.54, 1.807) is 0 Å². The van der Waals surface area contributed by atoms with Gasteiger partial charge in [-0.3, -0.25) is 18.6 Å². The van der Waals surface area contributed by atoms with Crippen molar-refractivity contribution in [1.82, 2.24) is 0 Å². The molecule has 0 bridgehead atoms. The second-order valence-electron chi connectivity index (χ2n) is 12.3. The molecule has 0 aliphatic carbocycles. The highest BCUT2D eigenvalue weighted by Gasteiger charge is 2.27. The largest absolute Gasteiger partial charge is 0.472 e. The lowest BCUT2D eigenvalue weighted by Gasteiger charge is -2.20. The van der Waals surface area contributed by atoms with E-state index in [-0.39, 0.29) is 19.4 Å². The molecule has 0 aromatic rings. The maximum Gasteiger partial charge on any atom is 0.472 e. The highest BCUT2D eigenvalue weighted by Crippen LogP contribution is 2.43. The van der Waals surface area contributed by atoms with Crippen molar-refractivity contribution < 1.29 is 47.8 Å². The van der Waals surface area contributed by atoms with Gasteiger partial charge in [-0.25, -0.2) is 4.57 Å². The quantitative estimate of drug-likeness (QED) is 0.0348. The lowest BCUT2D eigenvalue weighted by atomic mass is 10.0. The monoisotopic (exact) mass is 666 g/mol. The number of carbonyl (C=O) groups excluding carboxylic acids is 2. The fourth-order valence-electron chi connectivity index (χ4n) is 4.93. The maximum atomic E-state index is 12.5. The summed E-state index contributed by atoms with van der Waals surface area (Å²) in [6.45, 7) is 2.33. The molecule has 0 heterocycles. The molecule has 0 spiro atoms. The SMILES string of the molecule is CCCCCCCCCCCCCCCCCC(=O)O[C@H](COC(=O)CCCCCCCCC)COP(=O)(O)OC[C@@H](O)CO. The Morgan fingerprint density at radius 2 is 0.956 bits per heavy atom. The van der Waals surface area contributed by atoms with Crippen molar-refractivity contribution >= 4 is 19.8 Å². The van der Waals surface area contributed by atoms with Crippen LogP contribution in [0.15, 0.2) is 0 Å². The summed E-state index contributed by atoms with van der Waals surface area (Å²) in [6.07, 6.45) is 23.8. The fourth-order valence-corrected chi connectivity index (χ4v) is 5.72. The Morgan fingerprint density at radius 3 is 1.38 bits per heavy atom. The van der Waals surface area contributed by atoms with Crippen LogP contribution in [-0.4, -0.2) is 65.7 Å². The molecule has 0 aliphatic heterocycles. The highest BCUT2D eigenvalue weighted by molar-refractivity contribution is 7.47. The van der Waals surface area contributed by atoms with E-state index >= 15 is 0 Å². The molecule has 0 rings (SSSR count). The van der Waals surface area contributed by atoms with Crippen LogP contribution in [-0.2, 0) is 32.7 Å². The summed E-state index contributed by atoms with van der Waals surface area (Å²) < 4.78 is 32.4. The van der Waals surface area contributed by atoms with Gasteiger partial charge >= 0.3 is 19.8 Å². The van der Waals surface area contributed by atoms with Crippen LogP contribution in [0.5, 0.6) is 0 Å². The normalized spacial score (nSPS) is 14.2. The molecule has 0 aromatic carbocycles. The Morgan fingerprint density at radius 1 is 0.578 bits per heavy atom. The minimum absolute atomic E-state index is 0.191. The average molecular weight is 667 g/mol. The van der Waals surface area contributed by atoms with Crippen LogP contribution in [0.2, 0.25) is 0 Å². The number of hydrogen-bond acceptors (Lipinski definition) is 9. The van der Waals surface area contributed by atoms with E-state index < -0.39 is 51.8 Å². The Kier molecular flexibility index (Phi) is 30.8. The summed E-state index contributed by atoms with van der Waals surface area (Å²) in [6, 6.07) is 0. The molecule has 0 aliphatic rings. The van der Waals surface area contributed by atoms with Crippen molar-refractivity contribution in [2.45, 2.75) is 180 Å². The number of hydrogen-bond donors (Lipinski definition) is 3. The lowest BCUT2D eigenvalue weighted by Crippen LogP contribution is -2.29. The zero-order valence-corrected chi connectivity index (χ0v) is 29.5. The molecule has 0 saturated heterocycles. The number of unbranched alkanes of at least 4 members (excludes halogenated alkanes) is 20. The smallest absolute Gasteiger partial charge is 0.462 e. The summed E-state index contributed by atoms with van der Waals surface area (Å²) in [7, 11) is -4.59. The van der Waals surface area contributed by atoms with Crippen molar-refractivity contribution in [3.63, 3.8) is 0 Å². The second kappa shape index (κ2) is 31.6. The van der Waals surface area contributed by atoms with Crippen molar-refractivity contribution in [2.75, 3.05) is 26.4 Å². The number of ether oxygens (including phenoxy) is 2. The third-order valence-corrected chi connectivity index (χ3v) is 8.71. The zero-order valence-electron chi connectivity index (χ0n) is 28.6. The van der Waals surface area contributed by atoms with Crippen LogP contribution in [0.4, 0.5) is 0 Å². The summed E-state index contributed by atoms with van der Waals surface area (Å²) in [5.74, 6) is -0.924. The number of aliphatic hydroxyl groups is 2. The van der Waals surface area contributed by atoms with E-state index in [4.69, 9.17) is 19.1 Å². The number of phosphoric ester groups is 1. The summed E-state index contributed by atoms with van der Waals surface area (Å²) in [5, 5.41) is 18.2. The van der Waals surface area contributed by atoms with Gasteiger partial charge in [-0.2, -0.15) is 0 Å².